The van der Waals surface area contributed by atoms with Gasteiger partial charge in [-0.1, -0.05) is 30.3 Å². The maximum absolute atomic E-state index is 14.3. The molecule has 1 aromatic heterocycles. The van der Waals surface area contributed by atoms with E-state index >= 15 is 0 Å². The molecule has 3 nitrogen and oxygen atoms in total. The summed E-state index contributed by atoms with van der Waals surface area (Å²) in [4.78, 5) is 6.21. The Morgan fingerprint density at radius 2 is 2.05 bits per heavy atom. The van der Waals surface area contributed by atoms with Crippen LogP contribution in [-0.2, 0) is 6.54 Å². The number of nitrogens with two attached hydrogens (primary N) is 1. The van der Waals surface area contributed by atoms with Gasteiger partial charge < -0.3 is 10.6 Å². The van der Waals surface area contributed by atoms with Gasteiger partial charge in [-0.25, -0.2) is 9.37 Å². The molecule has 0 aliphatic carbocycles. The minimum Gasteiger partial charge on any atom is -0.354 e. The van der Waals surface area contributed by atoms with Crippen LogP contribution in [0.25, 0.3) is 0 Å². The number of anilines is 1. The number of hydrogen-bond acceptors (Lipinski definition) is 3. The second kappa shape index (κ2) is 5.59. The van der Waals surface area contributed by atoms with Crippen LogP contribution in [0.3, 0.4) is 0 Å². The van der Waals surface area contributed by atoms with E-state index in [4.69, 9.17) is 5.73 Å². The molecule has 1 fully saturated rings. The molecule has 4 heteroatoms. The van der Waals surface area contributed by atoms with Crippen molar-refractivity contribution in [2.24, 2.45) is 5.73 Å². The van der Waals surface area contributed by atoms with Gasteiger partial charge in [0.2, 0.25) is 0 Å². The Morgan fingerprint density at radius 1 is 1.25 bits per heavy atom. The van der Waals surface area contributed by atoms with Crippen LogP contribution in [0.1, 0.15) is 23.5 Å². The second-order valence-corrected chi connectivity index (χ2v) is 5.15. The molecule has 0 spiro atoms. The number of aromatic nitrogens is 1. The third-order valence-electron chi connectivity index (χ3n) is 3.93. The van der Waals surface area contributed by atoms with Crippen LogP contribution in [0.2, 0.25) is 0 Å². The predicted molar refractivity (Wildman–Crippen MR) is 78.1 cm³/mol. The molecule has 104 valence electrons. The molecule has 0 saturated carbocycles. The lowest BCUT2D eigenvalue weighted by Crippen LogP contribution is -2.22. The first-order valence-corrected chi connectivity index (χ1v) is 6.93. The Balaban J connectivity index is 1.81. The molecule has 0 radical (unpaired) electrons. The van der Waals surface area contributed by atoms with E-state index in [1.54, 1.807) is 12.3 Å². The minimum atomic E-state index is -0.274. The fourth-order valence-electron chi connectivity index (χ4n) is 2.80. The summed E-state index contributed by atoms with van der Waals surface area (Å²) >= 11 is 0. The van der Waals surface area contributed by atoms with Crippen LogP contribution in [0.5, 0.6) is 0 Å². The lowest BCUT2D eigenvalue weighted by atomic mass is 9.99. The van der Waals surface area contributed by atoms with Crippen LogP contribution < -0.4 is 10.6 Å². The first kappa shape index (κ1) is 13.1. The van der Waals surface area contributed by atoms with Crippen LogP contribution in [-0.4, -0.2) is 18.1 Å². The van der Waals surface area contributed by atoms with Crippen molar-refractivity contribution in [3.05, 3.63) is 59.5 Å². The van der Waals surface area contributed by atoms with E-state index in [-0.39, 0.29) is 12.4 Å². The van der Waals surface area contributed by atoms with Crippen molar-refractivity contribution in [1.29, 1.82) is 0 Å². The van der Waals surface area contributed by atoms with Gasteiger partial charge in [-0.05, 0) is 18.1 Å². The third kappa shape index (κ3) is 2.39. The van der Waals surface area contributed by atoms with Gasteiger partial charge in [0.15, 0.2) is 11.6 Å². The first-order chi connectivity index (χ1) is 9.79. The zero-order valence-electron chi connectivity index (χ0n) is 11.3. The summed E-state index contributed by atoms with van der Waals surface area (Å²) in [6, 6.07) is 12.0. The number of rotatable bonds is 3. The van der Waals surface area contributed by atoms with E-state index in [0.717, 1.165) is 19.5 Å². The Labute approximate surface area is 118 Å². The normalized spacial score (nSPS) is 18.5. The smallest absolute Gasteiger partial charge is 0.170 e. The summed E-state index contributed by atoms with van der Waals surface area (Å²) < 4.78 is 14.3. The Morgan fingerprint density at radius 3 is 2.80 bits per heavy atom. The van der Waals surface area contributed by atoms with Gasteiger partial charge in [-0.15, -0.1) is 0 Å². The quantitative estimate of drug-likeness (QED) is 0.933. The lowest BCUT2D eigenvalue weighted by Gasteiger charge is -2.19. The second-order valence-electron chi connectivity index (χ2n) is 5.15. The van der Waals surface area contributed by atoms with Crippen molar-refractivity contribution in [3.8, 4) is 0 Å². The minimum absolute atomic E-state index is 0.206. The zero-order chi connectivity index (χ0) is 13.9. The average molecular weight is 271 g/mol. The molecule has 0 amide bonds. The van der Waals surface area contributed by atoms with Gasteiger partial charge in [-0.3, -0.25) is 0 Å². The van der Waals surface area contributed by atoms with Gasteiger partial charge in [0, 0.05) is 37.3 Å². The fourth-order valence-corrected chi connectivity index (χ4v) is 2.80. The van der Waals surface area contributed by atoms with E-state index in [9.17, 15) is 4.39 Å². The summed E-state index contributed by atoms with van der Waals surface area (Å²) in [7, 11) is 0. The number of hydrogen-bond donors (Lipinski definition) is 1. The van der Waals surface area contributed by atoms with Crippen molar-refractivity contribution in [1.82, 2.24) is 4.98 Å². The highest BCUT2D eigenvalue weighted by Crippen LogP contribution is 2.31. The van der Waals surface area contributed by atoms with Gasteiger partial charge in [0.25, 0.3) is 0 Å². The Kier molecular flexibility index (Phi) is 3.65. The van der Waals surface area contributed by atoms with Crippen molar-refractivity contribution >= 4 is 5.82 Å². The van der Waals surface area contributed by atoms with Crippen LogP contribution in [0.4, 0.5) is 10.2 Å². The molecule has 3 rings (SSSR count). The highest BCUT2D eigenvalue weighted by Gasteiger charge is 2.26. The van der Waals surface area contributed by atoms with Crippen molar-refractivity contribution in [2.75, 3.05) is 18.0 Å². The van der Waals surface area contributed by atoms with Crippen LogP contribution in [0.15, 0.2) is 42.6 Å². The van der Waals surface area contributed by atoms with E-state index in [1.165, 1.54) is 5.56 Å². The molecule has 1 saturated heterocycles. The van der Waals surface area contributed by atoms with E-state index in [0.29, 0.717) is 17.3 Å². The fraction of sp³-hybridized carbons (Fsp3) is 0.312. The maximum Gasteiger partial charge on any atom is 0.170 e. The molecule has 1 atom stereocenters. The van der Waals surface area contributed by atoms with Gasteiger partial charge in [0.05, 0.1) is 0 Å². The summed E-state index contributed by atoms with van der Waals surface area (Å²) in [6.45, 7) is 1.84. The monoisotopic (exact) mass is 271 g/mol. The summed E-state index contributed by atoms with van der Waals surface area (Å²) in [5.41, 5.74) is 7.39. The largest absolute Gasteiger partial charge is 0.354 e. The number of pyridine rings is 1. The number of benzene rings is 1. The Hall–Kier alpha value is -1.94. The first-order valence-electron chi connectivity index (χ1n) is 6.93. The topological polar surface area (TPSA) is 42.1 Å². The maximum atomic E-state index is 14.3. The third-order valence-corrected chi connectivity index (χ3v) is 3.93. The average Bonchev–Trinajstić information content (AvgIpc) is 2.98. The summed E-state index contributed by atoms with van der Waals surface area (Å²) in [6.07, 6.45) is 2.66. The standard InChI is InChI=1S/C16H18FN3/c17-15-13(10-18)6-8-19-16(15)20-9-7-14(11-20)12-4-2-1-3-5-12/h1-6,8,14H,7,9-11,18H2. The van der Waals surface area contributed by atoms with Gasteiger partial charge in [-0.2, -0.15) is 0 Å². The summed E-state index contributed by atoms with van der Waals surface area (Å²) in [5.74, 6) is 0.606. The zero-order valence-corrected chi connectivity index (χ0v) is 11.3. The number of nitrogens with zero attached hydrogens (tertiary/aromatic N) is 2. The van der Waals surface area contributed by atoms with Gasteiger partial charge in [0.1, 0.15) is 0 Å². The van der Waals surface area contributed by atoms with E-state index in [1.807, 2.05) is 23.1 Å². The van der Waals surface area contributed by atoms with E-state index < -0.39 is 0 Å². The molecule has 1 aromatic carbocycles. The molecule has 1 unspecified atom stereocenters. The summed E-state index contributed by atoms with van der Waals surface area (Å²) in [5, 5.41) is 0. The van der Waals surface area contributed by atoms with Gasteiger partial charge >= 0.3 is 0 Å². The highest BCUT2D eigenvalue weighted by molar-refractivity contribution is 5.45. The van der Waals surface area contributed by atoms with Crippen LogP contribution >= 0.6 is 0 Å². The van der Waals surface area contributed by atoms with Crippen molar-refractivity contribution in [3.63, 3.8) is 0 Å². The molecule has 20 heavy (non-hydrogen) atoms. The molecule has 0 bridgehead atoms. The van der Waals surface area contributed by atoms with E-state index in [2.05, 4.69) is 17.1 Å². The molecule has 2 N–H and O–H groups in total. The molecule has 1 aliphatic heterocycles. The van der Waals surface area contributed by atoms with Crippen LogP contribution in [0, 0.1) is 5.82 Å². The highest BCUT2D eigenvalue weighted by atomic mass is 19.1. The van der Waals surface area contributed by atoms with Crippen molar-refractivity contribution < 1.29 is 4.39 Å². The molecule has 2 aromatic rings. The molecular formula is C16H18FN3. The van der Waals surface area contributed by atoms with Crippen molar-refractivity contribution in [2.45, 2.75) is 18.9 Å². The predicted octanol–water partition coefficient (Wildman–Crippen LogP) is 2.67. The molecular weight excluding hydrogens is 253 g/mol. The molecule has 2 heterocycles. The lowest BCUT2D eigenvalue weighted by molar-refractivity contribution is 0.598. The number of halogens is 1. The SMILES string of the molecule is NCc1ccnc(N2CCC(c3ccccc3)C2)c1F. The molecule has 1 aliphatic rings. The Bertz CT molecular complexity index is 586.